The molecule has 4 amide bonds. The second kappa shape index (κ2) is 25.4. The van der Waals surface area contributed by atoms with Gasteiger partial charge < -0.3 is 49.4 Å². The number of aryl methyl sites for hydroxylation is 1. The Labute approximate surface area is 463 Å². The van der Waals surface area contributed by atoms with Gasteiger partial charge >= 0.3 is 29.2 Å². The first kappa shape index (κ1) is 56.7. The van der Waals surface area contributed by atoms with Crippen LogP contribution in [0.3, 0.4) is 0 Å². The van der Waals surface area contributed by atoms with E-state index >= 15 is 0 Å². The molecule has 22 nitrogen and oxygen atoms in total. The van der Waals surface area contributed by atoms with Crippen LogP contribution in [0.15, 0.2) is 113 Å². The molecule has 3 aromatic carbocycles. The molecule has 0 aliphatic carbocycles. The summed E-state index contributed by atoms with van der Waals surface area (Å²) in [6, 6.07) is 24.4. The molecule has 424 valence electrons. The Bertz CT molecular complexity index is 3560. The van der Waals surface area contributed by atoms with Crippen molar-refractivity contribution in [2.45, 2.75) is 26.0 Å². The van der Waals surface area contributed by atoms with Gasteiger partial charge in [-0.05, 0) is 59.5 Å². The van der Waals surface area contributed by atoms with Crippen LogP contribution in [0.4, 0.5) is 41.1 Å². The lowest BCUT2D eigenvalue weighted by Gasteiger charge is -2.30. The first-order valence-electron chi connectivity index (χ1n) is 26.2. The summed E-state index contributed by atoms with van der Waals surface area (Å²) in [5.74, 6) is -2.87. The number of nitrogens with zero attached hydrogens (tertiary/aromatic N) is 10. The molecular weight excluding hydrogens is 1050 g/mol. The van der Waals surface area contributed by atoms with Crippen LogP contribution in [0.25, 0.3) is 11.3 Å². The van der Waals surface area contributed by atoms with Gasteiger partial charge in [-0.1, -0.05) is 54.6 Å². The lowest BCUT2D eigenvalue weighted by Crippen LogP contribution is -2.37. The van der Waals surface area contributed by atoms with Crippen molar-refractivity contribution in [1.29, 1.82) is 0 Å². The molecule has 0 saturated carbocycles. The highest BCUT2D eigenvalue weighted by Gasteiger charge is 2.34. The second-order valence-electron chi connectivity index (χ2n) is 19.3. The van der Waals surface area contributed by atoms with Gasteiger partial charge in [0, 0.05) is 91.8 Å². The number of halogens is 2. The summed E-state index contributed by atoms with van der Waals surface area (Å²) in [6.07, 6.45) is 3.49. The van der Waals surface area contributed by atoms with E-state index in [0.717, 1.165) is 22.4 Å². The number of aromatic nitrogens is 4. The van der Waals surface area contributed by atoms with Crippen LogP contribution in [-0.4, -0.2) is 157 Å². The number of Topliss-reactive ketones (excluding diaryl/α,β-unsaturated/α-hetero) is 1. The third kappa shape index (κ3) is 12.7. The highest BCUT2D eigenvalue weighted by Crippen LogP contribution is 2.33. The van der Waals surface area contributed by atoms with Crippen LogP contribution in [0, 0.1) is 11.6 Å². The molecule has 3 N–H and O–H groups in total. The minimum absolute atomic E-state index is 0.0334. The smallest absolute Gasteiger partial charge is 0.360 e. The Balaban J connectivity index is 0.000000169. The standard InChI is InChI=1S/C25H26FN5O5.C25H27N5O6.C7H8FN/c1-28-8-9-30(25(28)35)19-14-18(29-10-12-36-13-11-29)15-31-23(19)27-21(22(33)24(31)34)20(32)7-4-16-2-5-17(26)6-3-16;1-27-8-9-29(25(27)33)19-14-18(28-10-12-35-13-11-28)15-30-22(19)26-20(24(32)34-2)21(23(30)31)36-16-17-6-4-3-5-7-17;8-7-3-1-6(5-9)2-4-7/h2-3,5-6,14-15,33H,4,7-13H2,1H3;3-7,14-15H,8-13,16H2,1-2H3;1-4H,5,9H2. The molecule has 0 spiro atoms. The normalized spacial score (nSPS) is 15.4. The molecule has 4 fully saturated rings. The summed E-state index contributed by atoms with van der Waals surface area (Å²) < 4.78 is 49.6. The first-order chi connectivity index (χ1) is 39.1. The number of ether oxygens (including phenoxy) is 4. The summed E-state index contributed by atoms with van der Waals surface area (Å²) in [5.41, 5.74) is 8.40. The number of esters is 1. The Morgan fingerprint density at radius 3 is 1.58 bits per heavy atom. The SMILES string of the molecule is CN1CCN(c2cc(N3CCOCC3)cn3c(=O)c(O)c(C(=O)CCc4ccc(F)cc4)nc23)C1=O.COC(=O)c1nc2c(N3CCN(C)C3=O)cc(N3CCOCC3)cn2c(=O)c1OCc1ccccc1.NCc1ccc(F)cc1. The zero-order chi connectivity index (χ0) is 57.3. The lowest BCUT2D eigenvalue weighted by atomic mass is 10.1. The third-order valence-corrected chi connectivity index (χ3v) is 14.1. The van der Waals surface area contributed by atoms with E-state index in [1.807, 2.05) is 41.3 Å². The molecule has 81 heavy (non-hydrogen) atoms. The third-order valence-electron chi connectivity index (χ3n) is 14.1. The number of rotatable bonds is 13. The fourth-order valence-electron chi connectivity index (χ4n) is 9.46. The maximum absolute atomic E-state index is 13.8. The quantitative estimate of drug-likeness (QED) is 0.113. The van der Waals surface area contributed by atoms with Crippen molar-refractivity contribution < 1.29 is 52.0 Å². The van der Waals surface area contributed by atoms with E-state index < -0.39 is 28.6 Å². The summed E-state index contributed by atoms with van der Waals surface area (Å²) in [7, 11) is 4.62. The minimum atomic E-state index is -0.800. The topological polar surface area (TPSA) is 240 Å². The molecule has 0 unspecified atom stereocenters. The van der Waals surface area contributed by atoms with Crippen LogP contribution >= 0.6 is 0 Å². The van der Waals surface area contributed by atoms with Crippen LogP contribution < -0.4 is 41.2 Å². The van der Waals surface area contributed by atoms with E-state index in [-0.39, 0.29) is 71.6 Å². The number of ketones is 1. The van der Waals surface area contributed by atoms with Gasteiger partial charge in [0.1, 0.15) is 18.2 Å². The molecule has 11 rings (SSSR count). The summed E-state index contributed by atoms with van der Waals surface area (Å²) >= 11 is 0. The number of likely N-dealkylation sites (N-methyl/N-ethyl adjacent to an activating group) is 2. The van der Waals surface area contributed by atoms with Crippen LogP contribution in [0.5, 0.6) is 11.5 Å². The zero-order valence-corrected chi connectivity index (χ0v) is 45.0. The maximum atomic E-state index is 13.8. The van der Waals surface area contributed by atoms with Gasteiger partial charge in [-0.15, -0.1) is 0 Å². The molecule has 0 bridgehead atoms. The number of carbonyl (C=O) groups is 4. The van der Waals surface area contributed by atoms with E-state index in [0.29, 0.717) is 102 Å². The molecule has 0 radical (unpaired) electrons. The van der Waals surface area contributed by atoms with Gasteiger partial charge in [-0.25, -0.2) is 33.1 Å². The van der Waals surface area contributed by atoms with Gasteiger partial charge in [0.15, 0.2) is 28.5 Å². The summed E-state index contributed by atoms with van der Waals surface area (Å²) in [4.78, 5) is 97.7. The molecule has 4 saturated heterocycles. The van der Waals surface area contributed by atoms with Crippen LogP contribution in [0.1, 0.15) is 44.1 Å². The van der Waals surface area contributed by atoms with Crippen molar-refractivity contribution in [3.63, 3.8) is 0 Å². The Morgan fingerprint density at radius 2 is 1.11 bits per heavy atom. The Hall–Kier alpha value is -9.00. The van der Waals surface area contributed by atoms with Crippen molar-refractivity contribution >= 4 is 57.9 Å². The van der Waals surface area contributed by atoms with Crippen molar-refractivity contribution in [3.8, 4) is 11.5 Å². The monoisotopic (exact) mass is 1110 g/mol. The number of urea groups is 2. The number of morpholine rings is 2. The molecule has 4 aromatic heterocycles. The molecule has 8 heterocycles. The number of hydrogen-bond acceptors (Lipinski definition) is 16. The Morgan fingerprint density at radius 1 is 0.630 bits per heavy atom. The number of nitrogens with two attached hydrogens (primary N) is 1. The fraction of sp³-hybridized carbons (Fsp3) is 0.333. The van der Waals surface area contributed by atoms with Gasteiger partial charge in [0.2, 0.25) is 11.5 Å². The number of hydrogen-bond donors (Lipinski definition) is 2. The maximum Gasteiger partial charge on any atom is 0.360 e. The number of pyridine rings is 2. The van der Waals surface area contributed by atoms with Gasteiger partial charge in [0.25, 0.3) is 0 Å². The summed E-state index contributed by atoms with van der Waals surface area (Å²) in [5, 5.41) is 10.7. The van der Waals surface area contributed by atoms with E-state index in [4.69, 9.17) is 24.7 Å². The average molecular weight is 1110 g/mol. The molecule has 7 aromatic rings. The summed E-state index contributed by atoms with van der Waals surface area (Å²) in [6.45, 7) is 7.03. The fourth-order valence-corrected chi connectivity index (χ4v) is 9.46. The van der Waals surface area contributed by atoms with E-state index in [1.165, 1.54) is 45.1 Å². The number of benzene rings is 3. The van der Waals surface area contributed by atoms with Crippen LogP contribution in [-0.2, 0) is 33.8 Å². The molecule has 0 atom stereocenters. The zero-order valence-electron chi connectivity index (χ0n) is 45.0. The van der Waals surface area contributed by atoms with E-state index in [2.05, 4.69) is 14.9 Å². The number of fused-ring (bicyclic) bond motifs is 2. The van der Waals surface area contributed by atoms with Crippen LogP contribution in [0.2, 0.25) is 0 Å². The lowest BCUT2D eigenvalue weighted by molar-refractivity contribution is 0.0587. The van der Waals surface area contributed by atoms with Crippen molar-refractivity contribution in [2.24, 2.45) is 5.73 Å². The van der Waals surface area contributed by atoms with Gasteiger partial charge in [0.05, 0.1) is 56.3 Å². The van der Waals surface area contributed by atoms with Crippen molar-refractivity contribution in [1.82, 2.24) is 28.6 Å². The molecule has 4 aliphatic heterocycles. The van der Waals surface area contributed by atoms with Crippen molar-refractivity contribution in [2.75, 3.05) is 120 Å². The van der Waals surface area contributed by atoms with Gasteiger partial charge in [-0.2, -0.15) is 0 Å². The number of amides is 4. The number of carbonyl (C=O) groups excluding carboxylic acids is 4. The van der Waals surface area contributed by atoms with Crippen molar-refractivity contribution in [3.05, 3.63) is 164 Å². The Kier molecular flexibility index (Phi) is 17.8. The number of aromatic hydroxyl groups is 1. The minimum Gasteiger partial charge on any atom is -0.501 e. The molecular formula is C57H61F2N11O11. The number of methoxy groups -OCH3 is 1. The predicted molar refractivity (Wildman–Crippen MR) is 297 cm³/mol. The predicted octanol–water partition coefficient (Wildman–Crippen LogP) is 5.12. The highest BCUT2D eigenvalue weighted by molar-refractivity contribution is 6.01. The first-order valence-corrected chi connectivity index (χ1v) is 26.2. The number of anilines is 4. The van der Waals surface area contributed by atoms with Gasteiger partial charge in [-0.3, -0.25) is 33.0 Å². The average Bonchev–Trinajstić information content (AvgIpc) is 4.25. The molecule has 4 aliphatic rings. The molecule has 24 heteroatoms. The van der Waals surface area contributed by atoms with E-state index in [1.54, 1.807) is 71.5 Å². The largest absolute Gasteiger partial charge is 0.501 e. The van der Waals surface area contributed by atoms with E-state index in [9.17, 15) is 42.7 Å². The second-order valence-corrected chi connectivity index (χ2v) is 19.3. The highest BCUT2D eigenvalue weighted by atomic mass is 19.1.